The summed E-state index contributed by atoms with van der Waals surface area (Å²) in [6, 6.07) is 1.66. The van der Waals surface area contributed by atoms with Crippen molar-refractivity contribution < 1.29 is 36.6 Å². The number of hydrogen-bond donors (Lipinski definition) is 1. The summed E-state index contributed by atoms with van der Waals surface area (Å²) in [6.07, 6.45) is -7.96. The zero-order valence-electron chi connectivity index (χ0n) is 12.8. The van der Waals surface area contributed by atoms with Crippen molar-refractivity contribution in [1.29, 1.82) is 5.26 Å². The third-order valence-electron chi connectivity index (χ3n) is 3.62. The molecule has 26 heavy (non-hydrogen) atoms. The highest BCUT2D eigenvalue weighted by Crippen LogP contribution is 2.41. The van der Waals surface area contributed by atoms with E-state index in [0.717, 1.165) is 0 Å². The predicted octanol–water partition coefficient (Wildman–Crippen LogP) is 4.72. The molecule has 1 aromatic rings. The molecule has 140 valence electrons. The number of nitrogens with zero attached hydrogens (tertiary/aromatic N) is 2. The molecule has 11 heteroatoms. The van der Waals surface area contributed by atoms with E-state index in [9.17, 15) is 37.1 Å². The number of hydrogen-bond acceptors (Lipinski definition) is 4. The molecule has 0 spiro atoms. The fraction of sp³-hybridized carbons (Fsp3) is 0.400. The smallest absolute Gasteiger partial charge is 0.434 e. The number of ether oxygens (including phenoxy) is 1. The van der Waals surface area contributed by atoms with Gasteiger partial charge in [-0.1, -0.05) is 22.6 Å². The van der Waals surface area contributed by atoms with Crippen molar-refractivity contribution in [2.24, 2.45) is 0 Å². The molecule has 5 nitrogen and oxygen atoms in total. The Bertz CT molecular complexity index is 807. The van der Waals surface area contributed by atoms with Crippen LogP contribution in [0.25, 0.3) is 5.57 Å². The van der Waals surface area contributed by atoms with Crippen molar-refractivity contribution in [3.8, 4) is 6.07 Å². The van der Waals surface area contributed by atoms with Crippen LogP contribution in [0.15, 0.2) is 5.76 Å². The van der Waals surface area contributed by atoms with Crippen LogP contribution in [0.3, 0.4) is 0 Å². The van der Waals surface area contributed by atoms with Crippen LogP contribution in [0.4, 0.5) is 22.0 Å². The van der Waals surface area contributed by atoms with Gasteiger partial charge in [0.15, 0.2) is 5.69 Å². The molecule has 0 atom stereocenters. The molecule has 1 aliphatic heterocycles. The van der Waals surface area contributed by atoms with E-state index in [0.29, 0.717) is 6.42 Å². The number of allylic oxidation sites excluding steroid dienone is 2. The van der Waals surface area contributed by atoms with Crippen LogP contribution in [-0.2, 0) is 15.3 Å². The minimum Gasteiger partial charge on any atom is -0.497 e. The predicted molar refractivity (Wildman–Crippen MR) is 86.6 cm³/mol. The molecule has 2 rings (SSSR count). The molecule has 0 radical (unpaired) electrons. The van der Waals surface area contributed by atoms with E-state index in [1.54, 1.807) is 28.7 Å². The topological polar surface area (TPSA) is 83.2 Å². The number of halogens is 6. The number of rotatable bonds is 4. The first kappa shape index (κ1) is 20.3. The second kappa shape index (κ2) is 7.73. The maximum atomic E-state index is 13.5. The Hall–Kier alpha value is -1.97. The summed E-state index contributed by atoms with van der Waals surface area (Å²) < 4.78 is 71.4. The normalized spacial score (nSPS) is 16.4. The summed E-state index contributed by atoms with van der Waals surface area (Å²) in [5, 5.41) is 18.6. The van der Waals surface area contributed by atoms with Gasteiger partial charge < -0.3 is 9.84 Å². The maximum Gasteiger partial charge on any atom is 0.434 e. The monoisotopic (exact) mass is 488 g/mol. The molecular weight excluding hydrogens is 478 g/mol. The van der Waals surface area contributed by atoms with Gasteiger partial charge in [0.2, 0.25) is 0 Å². The number of nitriles is 1. The number of carboxylic acid groups (broad SMARTS) is 1. The summed E-state index contributed by atoms with van der Waals surface area (Å²) in [5.41, 5.74) is -5.97. The first-order chi connectivity index (χ1) is 12.1. The lowest BCUT2D eigenvalue weighted by atomic mass is 9.92. The van der Waals surface area contributed by atoms with Gasteiger partial charge in [0.1, 0.15) is 17.5 Å². The average molecular weight is 488 g/mol. The lowest BCUT2D eigenvalue weighted by Gasteiger charge is -2.19. The zero-order chi connectivity index (χ0) is 19.6. The Balaban J connectivity index is 3.00. The van der Waals surface area contributed by atoms with Gasteiger partial charge in [0, 0.05) is 16.4 Å². The number of carboxylic acids is 1. The summed E-state index contributed by atoms with van der Waals surface area (Å²) in [4.78, 5) is 14.4. The van der Waals surface area contributed by atoms with E-state index >= 15 is 0 Å². The van der Waals surface area contributed by atoms with Gasteiger partial charge >= 0.3 is 12.1 Å². The zero-order valence-corrected chi connectivity index (χ0v) is 15.0. The Kier molecular flexibility index (Phi) is 6.05. The standard InChI is InChI=1S/C15H10F5IN2O3/c16-13(17)11-9(7(5-22)8-2-1-3-26-8)6(4-21)10(14(24)25)12(23-11)15(18,19)20/h13H,1-4H2,(H,24,25). The van der Waals surface area contributed by atoms with E-state index in [-0.39, 0.29) is 23.2 Å². The molecule has 1 fully saturated rings. The van der Waals surface area contributed by atoms with Gasteiger partial charge in [-0.05, 0) is 12.0 Å². The summed E-state index contributed by atoms with van der Waals surface area (Å²) in [7, 11) is 0. The van der Waals surface area contributed by atoms with Crippen molar-refractivity contribution in [2.75, 3.05) is 6.61 Å². The van der Waals surface area contributed by atoms with E-state index in [4.69, 9.17) is 4.74 Å². The molecule has 0 aromatic carbocycles. The fourth-order valence-electron chi connectivity index (χ4n) is 2.62. The van der Waals surface area contributed by atoms with Crippen LogP contribution in [-0.4, -0.2) is 22.7 Å². The van der Waals surface area contributed by atoms with E-state index < -0.39 is 52.2 Å². The first-order valence-corrected chi connectivity index (χ1v) is 8.63. The maximum absolute atomic E-state index is 13.5. The van der Waals surface area contributed by atoms with E-state index in [2.05, 4.69) is 4.98 Å². The van der Waals surface area contributed by atoms with Crippen LogP contribution in [0.2, 0.25) is 0 Å². The molecule has 1 aromatic heterocycles. The largest absolute Gasteiger partial charge is 0.497 e. The molecule has 2 heterocycles. The fourth-order valence-corrected chi connectivity index (χ4v) is 3.38. The van der Waals surface area contributed by atoms with Gasteiger partial charge in [-0.25, -0.2) is 18.6 Å². The van der Waals surface area contributed by atoms with Crippen LogP contribution >= 0.6 is 22.6 Å². The Morgan fingerprint density at radius 2 is 2.04 bits per heavy atom. The molecule has 0 saturated carbocycles. The number of aromatic carboxylic acids is 1. The van der Waals surface area contributed by atoms with Crippen LogP contribution < -0.4 is 0 Å². The van der Waals surface area contributed by atoms with Gasteiger partial charge in [-0.15, -0.1) is 0 Å². The third kappa shape index (κ3) is 3.74. The van der Waals surface area contributed by atoms with Crippen LogP contribution in [0.1, 0.15) is 52.1 Å². The van der Waals surface area contributed by atoms with Gasteiger partial charge in [-0.3, -0.25) is 0 Å². The molecule has 1 N–H and O–H groups in total. The number of pyridine rings is 1. The quantitative estimate of drug-likeness (QED) is 0.287. The molecular formula is C15H10F5IN2O3. The van der Waals surface area contributed by atoms with Crippen molar-refractivity contribution in [3.05, 3.63) is 33.8 Å². The first-order valence-electron chi connectivity index (χ1n) is 7.11. The summed E-state index contributed by atoms with van der Waals surface area (Å²) >= 11 is 1.56. The van der Waals surface area contributed by atoms with Crippen molar-refractivity contribution in [2.45, 2.75) is 29.9 Å². The molecule has 1 aliphatic rings. The van der Waals surface area contributed by atoms with Gasteiger partial charge in [0.05, 0.1) is 17.7 Å². The van der Waals surface area contributed by atoms with Crippen molar-refractivity contribution >= 4 is 34.1 Å². The highest BCUT2D eigenvalue weighted by molar-refractivity contribution is 14.1. The molecule has 0 amide bonds. The Labute approximate surface area is 157 Å². The second-order valence-electron chi connectivity index (χ2n) is 5.17. The average Bonchev–Trinajstić information content (AvgIpc) is 3.07. The van der Waals surface area contributed by atoms with Crippen molar-refractivity contribution in [3.63, 3.8) is 0 Å². The van der Waals surface area contributed by atoms with Gasteiger partial charge in [-0.2, -0.15) is 18.4 Å². The molecule has 0 aliphatic carbocycles. The molecule has 1 saturated heterocycles. The number of alkyl halides is 6. The highest BCUT2D eigenvalue weighted by atomic mass is 127. The number of carbonyl (C=O) groups is 1. The molecule has 0 unspecified atom stereocenters. The third-order valence-corrected chi connectivity index (χ3v) is 4.38. The minimum absolute atomic E-state index is 0.0402. The number of aromatic nitrogens is 1. The van der Waals surface area contributed by atoms with Crippen molar-refractivity contribution in [1.82, 2.24) is 4.98 Å². The Morgan fingerprint density at radius 1 is 1.38 bits per heavy atom. The Morgan fingerprint density at radius 3 is 2.42 bits per heavy atom. The lowest BCUT2D eigenvalue weighted by molar-refractivity contribution is -0.142. The lowest BCUT2D eigenvalue weighted by Crippen LogP contribution is -2.21. The van der Waals surface area contributed by atoms with E-state index in [1.807, 2.05) is 0 Å². The van der Waals surface area contributed by atoms with E-state index in [1.165, 1.54) is 0 Å². The van der Waals surface area contributed by atoms with Crippen LogP contribution in [0.5, 0.6) is 0 Å². The summed E-state index contributed by atoms with van der Waals surface area (Å²) in [6.45, 7) is 0.226. The van der Waals surface area contributed by atoms with Gasteiger partial charge in [0.25, 0.3) is 6.43 Å². The highest BCUT2D eigenvalue weighted by Gasteiger charge is 2.42. The SMILES string of the molecule is N#CC(=C1CCCO1)c1c(C(F)F)nc(C(F)(F)F)c(C(=O)O)c1CI. The second-order valence-corrected chi connectivity index (χ2v) is 5.94. The minimum atomic E-state index is -5.25. The van der Waals surface area contributed by atoms with Crippen LogP contribution in [0, 0.1) is 11.3 Å². The molecule has 0 bridgehead atoms. The summed E-state index contributed by atoms with van der Waals surface area (Å²) in [5.74, 6) is -1.92.